The molecule has 0 fully saturated rings. The molecule has 3 N–H and O–H groups in total. The third-order valence-electron chi connectivity index (χ3n) is 4.06. The van der Waals surface area contributed by atoms with Gasteiger partial charge in [0.1, 0.15) is 6.17 Å². The van der Waals surface area contributed by atoms with E-state index >= 15 is 0 Å². The maximum absolute atomic E-state index is 6.39. The molecule has 1 heterocycles. The maximum Gasteiger partial charge on any atom is 0.204 e. The number of rotatable bonds is 6. The van der Waals surface area contributed by atoms with E-state index in [1.807, 2.05) is 42.5 Å². The Balaban J connectivity index is 1.45. The Morgan fingerprint density at radius 3 is 2.62 bits per heavy atom. The van der Waals surface area contributed by atoms with Crippen molar-refractivity contribution in [1.29, 1.82) is 0 Å². The van der Waals surface area contributed by atoms with E-state index in [0.717, 1.165) is 27.0 Å². The van der Waals surface area contributed by atoms with Crippen LogP contribution >= 0.6 is 23.3 Å². The van der Waals surface area contributed by atoms with Crippen LogP contribution in [0.25, 0.3) is 10.8 Å². The van der Waals surface area contributed by atoms with Crippen LogP contribution in [0.1, 0.15) is 17.3 Å². The first-order valence-corrected chi connectivity index (χ1v) is 10.1. The van der Waals surface area contributed by atoms with E-state index in [2.05, 4.69) is 45.0 Å². The van der Waals surface area contributed by atoms with Crippen molar-refractivity contribution in [2.24, 2.45) is 5.73 Å². The first-order valence-electron chi connectivity index (χ1n) is 8.30. The summed E-state index contributed by atoms with van der Waals surface area (Å²) >= 11 is 2.97. The fourth-order valence-electron chi connectivity index (χ4n) is 2.78. The molecule has 130 valence electrons. The zero-order chi connectivity index (χ0) is 17.8. The second-order valence-corrected chi connectivity index (χ2v) is 7.54. The van der Waals surface area contributed by atoms with Gasteiger partial charge in [0.2, 0.25) is 10.3 Å². The molecule has 3 aromatic carbocycles. The quantitative estimate of drug-likeness (QED) is 0.363. The summed E-state index contributed by atoms with van der Waals surface area (Å²) in [4.78, 5) is 4.55. The molecule has 0 saturated heterocycles. The fourth-order valence-corrected chi connectivity index (χ4v) is 4.32. The zero-order valence-corrected chi connectivity index (χ0v) is 15.6. The molecule has 0 bridgehead atoms. The van der Waals surface area contributed by atoms with Crippen LogP contribution in [0.3, 0.4) is 0 Å². The van der Waals surface area contributed by atoms with Gasteiger partial charge < -0.3 is 11.1 Å². The summed E-state index contributed by atoms with van der Waals surface area (Å²) < 4.78 is 4.42. The van der Waals surface area contributed by atoms with Crippen molar-refractivity contribution in [2.45, 2.75) is 17.1 Å². The summed E-state index contributed by atoms with van der Waals surface area (Å²) in [6.07, 6.45) is -0.332. The Morgan fingerprint density at radius 1 is 0.962 bits per heavy atom. The molecule has 0 amide bonds. The van der Waals surface area contributed by atoms with Crippen molar-refractivity contribution in [3.8, 4) is 0 Å². The van der Waals surface area contributed by atoms with Crippen LogP contribution in [0.15, 0.2) is 78.0 Å². The van der Waals surface area contributed by atoms with Crippen LogP contribution in [-0.4, -0.2) is 9.36 Å². The van der Waals surface area contributed by atoms with Gasteiger partial charge in [-0.1, -0.05) is 84.6 Å². The minimum absolute atomic E-state index is 0.332. The summed E-state index contributed by atoms with van der Waals surface area (Å²) in [6.45, 7) is 0. The van der Waals surface area contributed by atoms with Crippen LogP contribution in [0.4, 0.5) is 5.13 Å². The Labute approximate surface area is 160 Å². The van der Waals surface area contributed by atoms with Gasteiger partial charge in [-0.25, -0.2) is 0 Å². The molecule has 0 saturated carbocycles. The summed E-state index contributed by atoms with van der Waals surface area (Å²) in [7, 11) is 0. The van der Waals surface area contributed by atoms with Crippen molar-refractivity contribution in [1.82, 2.24) is 9.36 Å². The molecule has 4 rings (SSSR count). The van der Waals surface area contributed by atoms with Crippen molar-refractivity contribution in [3.05, 3.63) is 83.9 Å². The van der Waals surface area contributed by atoms with E-state index in [0.29, 0.717) is 0 Å². The van der Waals surface area contributed by atoms with Gasteiger partial charge in [0, 0.05) is 17.3 Å². The van der Waals surface area contributed by atoms with Crippen molar-refractivity contribution >= 4 is 39.2 Å². The fraction of sp³-hybridized carbons (Fsp3) is 0.100. The van der Waals surface area contributed by atoms with E-state index in [9.17, 15) is 0 Å². The van der Waals surface area contributed by atoms with E-state index in [1.54, 1.807) is 11.8 Å². The minimum atomic E-state index is -0.332. The van der Waals surface area contributed by atoms with E-state index in [1.165, 1.54) is 22.5 Å². The number of anilines is 1. The average molecular weight is 379 g/mol. The summed E-state index contributed by atoms with van der Waals surface area (Å²) in [5, 5.41) is 7.12. The van der Waals surface area contributed by atoms with Crippen LogP contribution in [0, 0.1) is 0 Å². The number of nitrogens with one attached hydrogen (secondary N) is 1. The zero-order valence-electron chi connectivity index (χ0n) is 14.0. The molecule has 1 unspecified atom stereocenters. The minimum Gasteiger partial charge on any atom is -0.341 e. The van der Waals surface area contributed by atoms with Crippen molar-refractivity contribution in [2.75, 3.05) is 5.32 Å². The molecule has 26 heavy (non-hydrogen) atoms. The second kappa shape index (κ2) is 7.86. The normalized spacial score (nSPS) is 12.2. The summed E-state index contributed by atoms with van der Waals surface area (Å²) in [6, 6.07) is 24.7. The molecule has 0 aliphatic rings. The number of hydrogen-bond acceptors (Lipinski definition) is 6. The van der Waals surface area contributed by atoms with Gasteiger partial charge in [-0.05, 0) is 21.9 Å². The highest BCUT2D eigenvalue weighted by Gasteiger charge is 2.12. The number of nitrogens with two attached hydrogens (primary N) is 1. The van der Waals surface area contributed by atoms with E-state index < -0.39 is 0 Å². The lowest BCUT2D eigenvalue weighted by Gasteiger charge is -2.15. The lowest BCUT2D eigenvalue weighted by molar-refractivity contribution is 0.838. The Morgan fingerprint density at radius 2 is 1.73 bits per heavy atom. The first kappa shape index (κ1) is 17.0. The molecule has 0 radical (unpaired) electrons. The van der Waals surface area contributed by atoms with Gasteiger partial charge in [-0.15, -0.1) is 0 Å². The average Bonchev–Trinajstić information content (AvgIpc) is 3.14. The monoisotopic (exact) mass is 378 g/mol. The van der Waals surface area contributed by atoms with Gasteiger partial charge in [0.15, 0.2) is 0 Å². The van der Waals surface area contributed by atoms with Gasteiger partial charge >= 0.3 is 0 Å². The predicted molar refractivity (Wildman–Crippen MR) is 110 cm³/mol. The van der Waals surface area contributed by atoms with Crippen molar-refractivity contribution in [3.63, 3.8) is 0 Å². The number of aromatic nitrogens is 2. The highest BCUT2D eigenvalue weighted by atomic mass is 32.2. The molecule has 0 spiro atoms. The topological polar surface area (TPSA) is 63.8 Å². The predicted octanol–water partition coefficient (Wildman–Crippen LogP) is 5.05. The molecule has 0 aliphatic heterocycles. The lowest BCUT2D eigenvalue weighted by Crippen LogP contribution is -2.20. The Bertz CT molecular complexity index is 996. The third-order valence-corrected chi connectivity index (χ3v) is 5.74. The van der Waals surface area contributed by atoms with Crippen LogP contribution in [0.5, 0.6) is 0 Å². The highest BCUT2D eigenvalue weighted by Crippen LogP contribution is 2.27. The second-order valence-electron chi connectivity index (χ2n) is 5.85. The summed E-state index contributed by atoms with van der Waals surface area (Å²) in [5.41, 5.74) is 8.70. The number of nitrogens with zero attached hydrogens (tertiary/aromatic N) is 2. The largest absolute Gasteiger partial charge is 0.341 e. The van der Waals surface area contributed by atoms with Crippen LogP contribution in [0.2, 0.25) is 0 Å². The smallest absolute Gasteiger partial charge is 0.204 e. The number of fused-ring (bicyclic) bond motifs is 1. The summed E-state index contributed by atoms with van der Waals surface area (Å²) in [5.74, 6) is 0.854. The molecule has 4 aromatic rings. The SMILES string of the molecule is NC(Nc1nc(SCc2ccccc2)ns1)c1cccc2ccccc12. The standard InChI is InChI=1S/C20H18N4S2/c21-18(17-12-6-10-15-9-4-5-11-16(15)17)22-19-23-20(24-26-19)25-13-14-7-2-1-3-8-14/h1-12,18H,13,21H2,(H,22,23,24). The first-order chi connectivity index (χ1) is 12.8. The molecule has 0 aliphatic carbocycles. The van der Waals surface area contributed by atoms with Crippen LogP contribution < -0.4 is 11.1 Å². The number of hydrogen-bond donors (Lipinski definition) is 2. The number of benzene rings is 3. The van der Waals surface area contributed by atoms with E-state index in [-0.39, 0.29) is 6.17 Å². The molecule has 6 heteroatoms. The van der Waals surface area contributed by atoms with Gasteiger partial charge in [-0.2, -0.15) is 9.36 Å². The molecule has 1 atom stereocenters. The van der Waals surface area contributed by atoms with Crippen molar-refractivity contribution < 1.29 is 0 Å². The number of thioether (sulfide) groups is 1. The van der Waals surface area contributed by atoms with Gasteiger partial charge in [-0.3, -0.25) is 0 Å². The molecule has 1 aromatic heterocycles. The third kappa shape index (κ3) is 3.88. The molecular formula is C20H18N4S2. The maximum atomic E-state index is 6.39. The lowest BCUT2D eigenvalue weighted by atomic mass is 10.0. The van der Waals surface area contributed by atoms with Crippen LogP contribution in [-0.2, 0) is 5.75 Å². The van der Waals surface area contributed by atoms with Gasteiger partial charge in [0.05, 0.1) is 0 Å². The molecular weight excluding hydrogens is 360 g/mol. The van der Waals surface area contributed by atoms with E-state index in [4.69, 9.17) is 5.73 Å². The Kier molecular flexibility index (Phi) is 5.15. The Hall–Kier alpha value is -2.41. The molecule has 4 nitrogen and oxygen atoms in total. The highest BCUT2D eigenvalue weighted by molar-refractivity contribution is 7.98. The van der Waals surface area contributed by atoms with Gasteiger partial charge in [0.25, 0.3) is 0 Å².